The minimum Gasteiger partial charge on any atom is -1.00 e. The number of rotatable bonds is 5. The Morgan fingerprint density at radius 3 is 2.08 bits per heavy atom. The Bertz CT molecular complexity index is 1870. The van der Waals surface area contributed by atoms with Crippen LogP contribution in [0.4, 0.5) is 0 Å². The molecule has 0 fully saturated rings. The fraction of sp³-hybridized carbons (Fsp3) is 0. The molecule has 0 bridgehead atoms. The minimum atomic E-state index is -4.57. The van der Waals surface area contributed by atoms with Gasteiger partial charge in [0, 0.05) is 10.8 Å². The third-order valence-corrected chi connectivity index (χ3v) is 7.23. The molecule has 1 aromatic heterocycles. The Labute approximate surface area is 260 Å². The molecule has 5 rings (SSSR count). The van der Waals surface area contributed by atoms with Crippen LogP contribution < -0.4 is 59.1 Å². The van der Waals surface area contributed by atoms with Gasteiger partial charge in [-0.2, -0.15) is 21.6 Å². The van der Waals surface area contributed by atoms with Crippen molar-refractivity contribution >= 4 is 54.2 Å². The molecule has 1 heterocycles. The van der Waals surface area contributed by atoms with Crippen molar-refractivity contribution in [2.75, 3.05) is 0 Å². The second-order valence-corrected chi connectivity index (χ2v) is 10.5. The van der Waals surface area contributed by atoms with Crippen LogP contribution in [-0.2, 0) is 20.2 Å². The summed E-state index contributed by atoms with van der Waals surface area (Å²) >= 11 is 0. The quantitative estimate of drug-likeness (QED) is 0.151. The summed E-state index contributed by atoms with van der Waals surface area (Å²) < 4.78 is 67.1. The maximum Gasteiger partial charge on any atom is 1.00 e. The van der Waals surface area contributed by atoms with Crippen LogP contribution in [-0.4, -0.2) is 40.9 Å². The van der Waals surface area contributed by atoms with Crippen LogP contribution in [0, 0.1) is 0 Å². The van der Waals surface area contributed by atoms with Crippen molar-refractivity contribution in [2.24, 2.45) is 0 Å². The van der Waals surface area contributed by atoms with Crippen molar-refractivity contribution in [3.63, 3.8) is 0 Å². The van der Waals surface area contributed by atoms with Crippen molar-refractivity contribution in [3.8, 4) is 5.69 Å². The molecular formula is C24H19N3Na2O6S2. The van der Waals surface area contributed by atoms with Gasteiger partial charge in [-0.05, 0) is 35.4 Å². The summed E-state index contributed by atoms with van der Waals surface area (Å²) in [4.78, 5) is 0.626. The number of aromatic nitrogens is 3. The average molecular weight is 556 g/mol. The van der Waals surface area contributed by atoms with E-state index < -0.39 is 20.2 Å². The molecule has 2 N–H and O–H groups in total. The topological polar surface area (TPSA) is 139 Å². The summed E-state index contributed by atoms with van der Waals surface area (Å²) in [5.41, 5.74) is 2.18. The van der Waals surface area contributed by atoms with E-state index in [0.29, 0.717) is 16.4 Å². The van der Waals surface area contributed by atoms with Crippen molar-refractivity contribution < 1.29 is 87.9 Å². The van der Waals surface area contributed by atoms with Crippen molar-refractivity contribution in [1.29, 1.82) is 0 Å². The smallest absolute Gasteiger partial charge is 1.00 e. The first-order valence-electron chi connectivity index (χ1n) is 10.2. The summed E-state index contributed by atoms with van der Waals surface area (Å²) in [6, 6.07) is 21.1. The predicted molar refractivity (Wildman–Crippen MR) is 134 cm³/mol. The first-order chi connectivity index (χ1) is 16.6. The van der Waals surface area contributed by atoms with E-state index in [1.807, 2.05) is 30.3 Å². The normalized spacial score (nSPS) is 11.9. The maximum absolute atomic E-state index is 12.1. The van der Waals surface area contributed by atoms with E-state index in [9.17, 15) is 25.9 Å². The van der Waals surface area contributed by atoms with Crippen LogP contribution in [0.5, 0.6) is 0 Å². The van der Waals surface area contributed by atoms with Gasteiger partial charge in [0.05, 0.1) is 5.69 Å². The molecule has 0 saturated carbocycles. The largest absolute Gasteiger partial charge is 1.00 e. The van der Waals surface area contributed by atoms with Crippen molar-refractivity contribution in [1.82, 2.24) is 15.0 Å². The number of nitrogens with zero attached hydrogens (tertiary/aromatic N) is 3. The molecule has 0 atom stereocenters. The molecule has 0 unspecified atom stereocenters. The molecule has 9 nitrogen and oxygen atoms in total. The Kier molecular flexibility index (Phi) is 9.18. The number of benzene rings is 4. The predicted octanol–water partition coefficient (Wildman–Crippen LogP) is -1.53. The fourth-order valence-electron chi connectivity index (χ4n) is 3.81. The summed E-state index contributed by atoms with van der Waals surface area (Å²) in [5.74, 6) is 0. The van der Waals surface area contributed by atoms with Gasteiger partial charge in [0.25, 0.3) is 20.2 Å². The van der Waals surface area contributed by atoms with Crippen LogP contribution in [0.25, 0.3) is 39.6 Å². The summed E-state index contributed by atoms with van der Waals surface area (Å²) in [6.45, 7) is 0. The zero-order valence-corrected chi connectivity index (χ0v) is 25.5. The zero-order chi connectivity index (χ0) is 24.8. The molecule has 0 spiro atoms. The Morgan fingerprint density at radius 2 is 1.41 bits per heavy atom. The first-order valence-corrected chi connectivity index (χ1v) is 13.1. The molecule has 4 aromatic carbocycles. The second kappa shape index (κ2) is 11.5. The van der Waals surface area contributed by atoms with Gasteiger partial charge in [-0.1, -0.05) is 66.7 Å². The molecule has 0 saturated heterocycles. The zero-order valence-electron chi connectivity index (χ0n) is 21.8. The number of fused-ring (bicyclic) bond motifs is 3. The van der Waals surface area contributed by atoms with Gasteiger partial charge in [-0.25, -0.2) is 0 Å². The van der Waals surface area contributed by atoms with Crippen LogP contribution in [0.2, 0.25) is 0 Å². The van der Waals surface area contributed by atoms with E-state index in [1.54, 1.807) is 30.4 Å². The molecule has 0 aliphatic carbocycles. The van der Waals surface area contributed by atoms with E-state index in [4.69, 9.17) is 0 Å². The Hall–Kier alpha value is -1.90. The van der Waals surface area contributed by atoms with Crippen LogP contribution in [0.1, 0.15) is 14.0 Å². The van der Waals surface area contributed by atoms with E-state index in [2.05, 4.69) is 10.2 Å². The van der Waals surface area contributed by atoms with Gasteiger partial charge < -0.3 is 2.85 Å². The van der Waals surface area contributed by atoms with Crippen LogP contribution in [0.15, 0.2) is 88.7 Å². The first kappa shape index (κ1) is 29.7. The molecular weight excluding hydrogens is 536 g/mol. The summed E-state index contributed by atoms with van der Waals surface area (Å²) in [6.07, 6.45) is 3.31. The third-order valence-electron chi connectivity index (χ3n) is 5.41. The summed E-state index contributed by atoms with van der Waals surface area (Å²) in [7, 11) is -9.02. The molecule has 0 radical (unpaired) electrons. The molecule has 180 valence electrons. The SMILES string of the molecule is O=S(=O)(O)c1cc(-n2nc3ccc4c(S(=O)(=O)O)cccc4c3n2)ccc1C=Cc1ccccc1.[H-].[H-].[Na+].[Na+]. The molecule has 0 aliphatic heterocycles. The van der Waals surface area contributed by atoms with E-state index in [1.165, 1.54) is 35.1 Å². The number of hydrogen-bond acceptors (Lipinski definition) is 6. The fourth-order valence-corrected chi connectivity index (χ4v) is 5.22. The molecule has 13 heteroatoms. The summed E-state index contributed by atoms with van der Waals surface area (Å²) in [5, 5.41) is 9.50. The molecule has 37 heavy (non-hydrogen) atoms. The van der Waals surface area contributed by atoms with Gasteiger partial charge in [0.1, 0.15) is 20.8 Å². The van der Waals surface area contributed by atoms with Gasteiger partial charge in [-0.15, -0.1) is 10.2 Å². The van der Waals surface area contributed by atoms with Crippen LogP contribution >= 0.6 is 0 Å². The van der Waals surface area contributed by atoms with Gasteiger partial charge >= 0.3 is 59.1 Å². The average Bonchev–Trinajstić information content (AvgIpc) is 3.27. The standard InChI is InChI=1S/C24H17N3O6S2.2Na.2H/c28-34(29,30)22-8-4-7-20-19(22)13-14-21-24(20)26-27(25-21)18-12-11-17(23(15-18)35(31,32)33)10-9-16-5-2-1-3-6-16;;;;/h1-15H,(H,28,29,30)(H,31,32,33);;;;/q;2*+1;2*-1. The Balaban J connectivity index is 0.00000190. The maximum atomic E-state index is 12.1. The van der Waals surface area contributed by atoms with Crippen molar-refractivity contribution in [3.05, 3.63) is 90.0 Å². The van der Waals surface area contributed by atoms with E-state index in [-0.39, 0.29) is 88.4 Å². The van der Waals surface area contributed by atoms with Gasteiger partial charge in [-0.3, -0.25) is 9.11 Å². The van der Waals surface area contributed by atoms with E-state index in [0.717, 1.165) is 5.56 Å². The van der Waals surface area contributed by atoms with E-state index >= 15 is 0 Å². The van der Waals surface area contributed by atoms with Crippen molar-refractivity contribution in [2.45, 2.75) is 9.79 Å². The molecule has 5 aromatic rings. The number of hydrogen-bond donors (Lipinski definition) is 2. The molecule has 0 amide bonds. The third kappa shape index (κ3) is 6.23. The van der Waals surface area contributed by atoms with Gasteiger partial charge in [0.2, 0.25) is 0 Å². The monoisotopic (exact) mass is 555 g/mol. The van der Waals surface area contributed by atoms with Crippen LogP contribution in [0.3, 0.4) is 0 Å². The Morgan fingerprint density at radius 1 is 0.703 bits per heavy atom. The molecule has 0 aliphatic rings. The second-order valence-electron chi connectivity index (χ2n) is 7.69. The van der Waals surface area contributed by atoms with Gasteiger partial charge in [0.15, 0.2) is 0 Å². The minimum absolute atomic E-state index is 0.